The molecule has 220 valence electrons. The summed E-state index contributed by atoms with van der Waals surface area (Å²) in [4.78, 5) is 41.8. The maximum Gasteiger partial charge on any atom is 0.309 e. The SMILES string of the molecule is COc1ccnc(C(=O)C[C@@H](C)C(=O)O[C@@H](C)[C@H](OCC2CC2)C23CC4CC(CC(C4)C2)C3)c1OCOC(C)=O. The molecule has 5 saturated carbocycles. The summed E-state index contributed by atoms with van der Waals surface area (Å²) in [5.74, 6) is 1.26. The molecule has 40 heavy (non-hydrogen) atoms. The van der Waals surface area contributed by atoms with Gasteiger partial charge in [0, 0.05) is 37.6 Å². The van der Waals surface area contributed by atoms with Crippen LogP contribution in [-0.4, -0.2) is 55.4 Å². The Kier molecular flexibility index (Phi) is 8.69. The van der Waals surface area contributed by atoms with Crippen LogP contribution in [0, 0.1) is 35.0 Å². The second-order valence-electron chi connectivity index (χ2n) is 12.7. The molecule has 1 aromatic heterocycles. The van der Waals surface area contributed by atoms with Crippen LogP contribution < -0.4 is 9.47 Å². The molecule has 0 spiro atoms. The number of pyridine rings is 1. The van der Waals surface area contributed by atoms with Crippen LogP contribution in [0.1, 0.15) is 89.0 Å². The van der Waals surface area contributed by atoms with E-state index in [0.717, 1.165) is 24.4 Å². The fraction of sp³-hybridized carbons (Fsp3) is 0.742. The number of carbonyl (C=O) groups excluding carboxylic acids is 3. The van der Waals surface area contributed by atoms with E-state index in [0.29, 0.717) is 5.92 Å². The molecule has 9 nitrogen and oxygen atoms in total. The molecule has 0 aliphatic heterocycles. The van der Waals surface area contributed by atoms with E-state index >= 15 is 0 Å². The Morgan fingerprint density at radius 3 is 2.27 bits per heavy atom. The second-order valence-corrected chi connectivity index (χ2v) is 12.7. The first kappa shape index (κ1) is 28.8. The third kappa shape index (κ3) is 6.45. The number of ether oxygens (including phenoxy) is 5. The molecule has 0 amide bonds. The zero-order valence-electron chi connectivity index (χ0n) is 24.2. The van der Waals surface area contributed by atoms with Crippen molar-refractivity contribution >= 4 is 17.7 Å². The topological polar surface area (TPSA) is 110 Å². The zero-order valence-corrected chi connectivity index (χ0v) is 24.2. The first-order chi connectivity index (χ1) is 19.2. The molecule has 0 saturated heterocycles. The summed E-state index contributed by atoms with van der Waals surface area (Å²) >= 11 is 0. The van der Waals surface area contributed by atoms with Crippen LogP contribution in [0.3, 0.4) is 0 Å². The van der Waals surface area contributed by atoms with Crippen molar-refractivity contribution in [1.82, 2.24) is 4.98 Å². The minimum absolute atomic E-state index is 0.0124. The minimum Gasteiger partial charge on any atom is -0.493 e. The fourth-order valence-corrected chi connectivity index (χ4v) is 7.78. The van der Waals surface area contributed by atoms with Gasteiger partial charge in [-0.05, 0) is 82.0 Å². The number of rotatable bonds is 14. The van der Waals surface area contributed by atoms with Gasteiger partial charge >= 0.3 is 11.9 Å². The van der Waals surface area contributed by atoms with Gasteiger partial charge in [-0.1, -0.05) is 6.92 Å². The van der Waals surface area contributed by atoms with Crippen molar-refractivity contribution in [3.05, 3.63) is 18.0 Å². The summed E-state index contributed by atoms with van der Waals surface area (Å²) < 4.78 is 28.4. The van der Waals surface area contributed by atoms with Crippen LogP contribution in [0.5, 0.6) is 11.5 Å². The number of aromatic nitrogens is 1. The average Bonchev–Trinajstić information content (AvgIpc) is 3.72. The van der Waals surface area contributed by atoms with Crippen LogP contribution in [0.15, 0.2) is 12.3 Å². The largest absolute Gasteiger partial charge is 0.493 e. The number of Topliss-reactive ketones (excluding diaryl/α,β-unsaturated/α-hetero) is 1. The Balaban J connectivity index is 1.24. The second kappa shape index (κ2) is 12.0. The van der Waals surface area contributed by atoms with E-state index in [4.69, 9.17) is 23.7 Å². The molecule has 0 N–H and O–H groups in total. The number of esters is 2. The van der Waals surface area contributed by atoms with E-state index in [1.807, 2.05) is 6.92 Å². The lowest BCUT2D eigenvalue weighted by Gasteiger charge is -2.59. The predicted octanol–water partition coefficient (Wildman–Crippen LogP) is 5.14. The van der Waals surface area contributed by atoms with Gasteiger partial charge < -0.3 is 23.7 Å². The normalized spacial score (nSPS) is 28.9. The van der Waals surface area contributed by atoms with Gasteiger partial charge in [-0.3, -0.25) is 14.4 Å². The lowest BCUT2D eigenvalue weighted by molar-refractivity contribution is -0.193. The highest BCUT2D eigenvalue weighted by atomic mass is 16.7. The van der Waals surface area contributed by atoms with Crippen molar-refractivity contribution in [2.24, 2.45) is 35.0 Å². The Bertz CT molecular complexity index is 1060. The van der Waals surface area contributed by atoms with Gasteiger partial charge in [-0.15, -0.1) is 0 Å². The number of nitrogens with zero attached hydrogens (tertiary/aromatic N) is 1. The number of ketones is 1. The molecule has 1 heterocycles. The standard InChI is InChI=1S/C31H43NO8/c1-18(9-25(34)27-28(39-17-38-20(3)33)26(36-4)7-8-32-27)30(35)40-19(2)29(37-16-21-5-6-21)31-13-22-10-23(14-31)12-24(11-22)15-31/h7-8,18-19,21-24,29H,5-6,9-17H2,1-4H3/t18-,19+,22?,23?,24?,29+,31?/m1/s1. The molecule has 5 aliphatic carbocycles. The summed E-state index contributed by atoms with van der Waals surface area (Å²) in [6.45, 7) is 5.26. The minimum atomic E-state index is -0.690. The van der Waals surface area contributed by atoms with E-state index in [-0.39, 0.29) is 41.9 Å². The van der Waals surface area contributed by atoms with Crippen molar-refractivity contribution in [3.8, 4) is 11.5 Å². The predicted molar refractivity (Wildman–Crippen MR) is 145 cm³/mol. The van der Waals surface area contributed by atoms with Crippen LogP contribution in [0.2, 0.25) is 0 Å². The Morgan fingerprint density at radius 2 is 1.70 bits per heavy atom. The van der Waals surface area contributed by atoms with Crippen molar-refractivity contribution in [2.45, 2.75) is 90.8 Å². The molecular formula is C31H43NO8. The highest BCUT2D eigenvalue weighted by molar-refractivity contribution is 5.99. The van der Waals surface area contributed by atoms with Crippen LogP contribution in [-0.2, 0) is 23.8 Å². The number of carbonyl (C=O) groups is 3. The van der Waals surface area contributed by atoms with E-state index in [9.17, 15) is 14.4 Å². The first-order valence-corrected chi connectivity index (χ1v) is 14.8. The van der Waals surface area contributed by atoms with Gasteiger partial charge in [0.1, 0.15) is 6.10 Å². The van der Waals surface area contributed by atoms with Crippen molar-refractivity contribution in [2.75, 3.05) is 20.5 Å². The molecule has 4 bridgehead atoms. The third-order valence-electron chi connectivity index (χ3n) is 9.34. The number of hydrogen-bond acceptors (Lipinski definition) is 9. The molecule has 0 aromatic carbocycles. The van der Waals surface area contributed by atoms with E-state index < -0.39 is 29.7 Å². The molecule has 3 atom stereocenters. The number of hydrogen-bond donors (Lipinski definition) is 0. The van der Waals surface area contributed by atoms with E-state index in [1.54, 1.807) is 13.0 Å². The summed E-state index contributed by atoms with van der Waals surface area (Å²) in [5, 5.41) is 0. The Hall–Kier alpha value is -2.68. The van der Waals surface area contributed by atoms with Crippen LogP contribution >= 0.6 is 0 Å². The molecule has 5 aliphatic rings. The summed E-state index contributed by atoms with van der Waals surface area (Å²) in [5.41, 5.74) is 0.0968. The Morgan fingerprint density at radius 1 is 1.05 bits per heavy atom. The maximum absolute atomic E-state index is 13.3. The smallest absolute Gasteiger partial charge is 0.309 e. The lowest BCUT2D eigenvalue weighted by Crippen LogP contribution is -2.56. The van der Waals surface area contributed by atoms with Gasteiger partial charge in [-0.25, -0.2) is 4.98 Å². The molecule has 9 heteroatoms. The summed E-state index contributed by atoms with van der Waals surface area (Å²) in [6.07, 6.45) is 10.8. The molecule has 0 unspecified atom stereocenters. The van der Waals surface area contributed by atoms with Crippen LogP contribution in [0.25, 0.3) is 0 Å². The summed E-state index contributed by atoms with van der Waals surface area (Å²) in [7, 11) is 1.44. The fourth-order valence-electron chi connectivity index (χ4n) is 7.78. The highest BCUT2D eigenvalue weighted by Crippen LogP contribution is 2.62. The van der Waals surface area contributed by atoms with Crippen molar-refractivity contribution < 1.29 is 38.1 Å². The highest BCUT2D eigenvalue weighted by Gasteiger charge is 2.56. The molecule has 6 rings (SSSR count). The van der Waals surface area contributed by atoms with Gasteiger partial charge in [0.2, 0.25) is 6.79 Å². The zero-order chi connectivity index (χ0) is 28.4. The van der Waals surface area contributed by atoms with Crippen molar-refractivity contribution in [3.63, 3.8) is 0 Å². The molecule has 1 aromatic rings. The summed E-state index contributed by atoms with van der Waals surface area (Å²) in [6, 6.07) is 1.55. The molecular weight excluding hydrogens is 514 g/mol. The molecule has 0 radical (unpaired) electrons. The molecule has 5 fully saturated rings. The Labute approximate surface area is 236 Å². The van der Waals surface area contributed by atoms with Gasteiger partial charge in [0.15, 0.2) is 23.0 Å². The average molecular weight is 558 g/mol. The third-order valence-corrected chi connectivity index (χ3v) is 9.34. The quantitative estimate of drug-likeness (QED) is 0.174. The van der Waals surface area contributed by atoms with Crippen LogP contribution in [0.4, 0.5) is 0 Å². The maximum atomic E-state index is 13.3. The van der Waals surface area contributed by atoms with E-state index in [2.05, 4.69) is 4.98 Å². The van der Waals surface area contributed by atoms with Gasteiger partial charge in [0.25, 0.3) is 0 Å². The lowest BCUT2D eigenvalue weighted by atomic mass is 9.47. The number of methoxy groups -OCH3 is 1. The van der Waals surface area contributed by atoms with Crippen molar-refractivity contribution in [1.29, 1.82) is 0 Å². The van der Waals surface area contributed by atoms with Gasteiger partial charge in [-0.2, -0.15) is 0 Å². The van der Waals surface area contributed by atoms with Gasteiger partial charge in [0.05, 0.1) is 19.1 Å². The first-order valence-electron chi connectivity index (χ1n) is 14.8. The monoisotopic (exact) mass is 557 g/mol. The van der Waals surface area contributed by atoms with E-state index in [1.165, 1.54) is 71.6 Å².